The molecule has 0 radical (unpaired) electrons. The predicted octanol–water partition coefficient (Wildman–Crippen LogP) is 1.88. The molecule has 1 atom stereocenters. The lowest BCUT2D eigenvalue weighted by atomic mass is 9.96. The third-order valence-electron chi connectivity index (χ3n) is 4.72. The Hall–Kier alpha value is -1.62. The number of carbonyl (C=O) groups is 1. The maximum atomic E-state index is 13.0. The molecule has 2 N–H and O–H groups in total. The second kappa shape index (κ2) is 5.64. The molecule has 1 saturated carbocycles. The Balaban J connectivity index is 1.55. The van der Waals surface area contributed by atoms with Gasteiger partial charge in [-0.1, -0.05) is 12.1 Å². The number of likely N-dealkylation sites (tertiary alicyclic amines) is 1. The largest absolute Gasteiger partial charge is 0.396 e. The average molecular weight is 292 g/mol. The second-order valence-corrected chi connectivity index (χ2v) is 6.23. The highest BCUT2D eigenvalue weighted by molar-refractivity contribution is 5.74. The minimum atomic E-state index is -0.231. The van der Waals surface area contributed by atoms with E-state index in [2.05, 4.69) is 5.32 Å². The second-order valence-electron chi connectivity index (χ2n) is 6.23. The molecule has 21 heavy (non-hydrogen) atoms. The summed E-state index contributed by atoms with van der Waals surface area (Å²) in [6.45, 7) is 2.08. The quantitative estimate of drug-likeness (QED) is 0.890. The van der Waals surface area contributed by atoms with Crippen molar-refractivity contribution in [3.05, 3.63) is 35.6 Å². The van der Waals surface area contributed by atoms with Gasteiger partial charge in [0.2, 0.25) is 0 Å². The summed E-state index contributed by atoms with van der Waals surface area (Å²) in [6, 6.07) is 6.52. The molecule has 1 aliphatic heterocycles. The predicted molar refractivity (Wildman–Crippen MR) is 77.5 cm³/mol. The SMILES string of the molecule is O=C(NCC1(c2ccc(F)cc2)CC1)N1CCC(CO)C1. The third-order valence-corrected chi connectivity index (χ3v) is 4.72. The average Bonchev–Trinajstić information content (AvgIpc) is 3.13. The van der Waals surface area contributed by atoms with Crippen molar-refractivity contribution in [2.45, 2.75) is 24.7 Å². The number of aliphatic hydroxyl groups excluding tert-OH is 1. The van der Waals surface area contributed by atoms with E-state index >= 15 is 0 Å². The summed E-state index contributed by atoms with van der Waals surface area (Å²) >= 11 is 0. The van der Waals surface area contributed by atoms with Crippen LogP contribution < -0.4 is 5.32 Å². The number of nitrogens with zero attached hydrogens (tertiary/aromatic N) is 1. The van der Waals surface area contributed by atoms with Gasteiger partial charge >= 0.3 is 6.03 Å². The van der Waals surface area contributed by atoms with Crippen molar-refractivity contribution >= 4 is 6.03 Å². The molecule has 2 fully saturated rings. The van der Waals surface area contributed by atoms with Crippen molar-refractivity contribution in [3.63, 3.8) is 0 Å². The molecule has 1 unspecified atom stereocenters. The fourth-order valence-electron chi connectivity index (χ4n) is 3.04. The number of hydrogen-bond donors (Lipinski definition) is 2. The summed E-state index contributed by atoms with van der Waals surface area (Å²) in [5.74, 6) is -0.0200. The van der Waals surface area contributed by atoms with Crippen LogP contribution in [0.15, 0.2) is 24.3 Å². The fourth-order valence-corrected chi connectivity index (χ4v) is 3.04. The molecule has 2 aliphatic rings. The maximum absolute atomic E-state index is 13.0. The van der Waals surface area contributed by atoms with Gasteiger partial charge in [0.15, 0.2) is 0 Å². The van der Waals surface area contributed by atoms with E-state index in [4.69, 9.17) is 5.11 Å². The van der Waals surface area contributed by atoms with E-state index in [1.165, 1.54) is 12.1 Å². The van der Waals surface area contributed by atoms with E-state index in [1.54, 1.807) is 4.90 Å². The highest BCUT2D eigenvalue weighted by Crippen LogP contribution is 2.47. The molecule has 2 amide bonds. The number of aliphatic hydroxyl groups is 1. The molecule has 0 bridgehead atoms. The molecule has 114 valence electrons. The molecule has 1 heterocycles. The lowest BCUT2D eigenvalue weighted by molar-refractivity contribution is 0.197. The maximum Gasteiger partial charge on any atom is 0.317 e. The Labute approximate surface area is 124 Å². The topological polar surface area (TPSA) is 52.6 Å². The van der Waals surface area contributed by atoms with Crippen LogP contribution in [0.4, 0.5) is 9.18 Å². The van der Waals surface area contributed by atoms with E-state index in [0.717, 1.165) is 24.8 Å². The van der Waals surface area contributed by atoms with Crippen molar-refractivity contribution in [1.29, 1.82) is 0 Å². The van der Waals surface area contributed by atoms with Gasteiger partial charge in [0.05, 0.1) is 0 Å². The Kier molecular flexibility index (Phi) is 3.85. The van der Waals surface area contributed by atoms with E-state index in [0.29, 0.717) is 19.6 Å². The lowest BCUT2D eigenvalue weighted by Gasteiger charge is -2.21. The molecule has 1 saturated heterocycles. The van der Waals surface area contributed by atoms with E-state index in [1.807, 2.05) is 12.1 Å². The molecule has 5 heteroatoms. The highest BCUT2D eigenvalue weighted by atomic mass is 19.1. The first-order valence-electron chi connectivity index (χ1n) is 7.53. The Bertz CT molecular complexity index is 514. The van der Waals surface area contributed by atoms with Crippen LogP contribution in [-0.4, -0.2) is 42.3 Å². The standard InChI is InChI=1S/C16H21FN2O2/c17-14-3-1-13(2-4-14)16(6-7-16)11-18-15(21)19-8-5-12(9-19)10-20/h1-4,12,20H,5-11H2,(H,18,21). The third kappa shape index (κ3) is 3.02. The summed E-state index contributed by atoms with van der Waals surface area (Å²) in [5.41, 5.74) is 1.08. The minimum Gasteiger partial charge on any atom is -0.396 e. The minimum absolute atomic E-state index is 0.0144. The number of hydrogen-bond acceptors (Lipinski definition) is 2. The number of nitrogens with one attached hydrogen (secondary N) is 1. The number of halogens is 1. The monoisotopic (exact) mass is 292 g/mol. The lowest BCUT2D eigenvalue weighted by Crippen LogP contribution is -2.42. The zero-order valence-corrected chi connectivity index (χ0v) is 12.0. The normalized spacial score (nSPS) is 23.1. The van der Waals surface area contributed by atoms with Gasteiger partial charge in [-0.15, -0.1) is 0 Å². The van der Waals surface area contributed by atoms with Gasteiger partial charge < -0.3 is 15.3 Å². The van der Waals surface area contributed by atoms with Crippen LogP contribution >= 0.6 is 0 Å². The summed E-state index contributed by atoms with van der Waals surface area (Å²) < 4.78 is 13.0. The van der Waals surface area contributed by atoms with Gasteiger partial charge in [0.25, 0.3) is 0 Å². The van der Waals surface area contributed by atoms with Crippen LogP contribution in [0.2, 0.25) is 0 Å². The van der Waals surface area contributed by atoms with Gasteiger partial charge in [-0.2, -0.15) is 0 Å². The van der Waals surface area contributed by atoms with E-state index < -0.39 is 0 Å². The first-order chi connectivity index (χ1) is 10.1. The van der Waals surface area contributed by atoms with Crippen molar-refractivity contribution < 1.29 is 14.3 Å². The molecule has 0 spiro atoms. The summed E-state index contributed by atoms with van der Waals surface area (Å²) in [5, 5.41) is 12.1. The van der Waals surface area contributed by atoms with Gasteiger partial charge in [-0.25, -0.2) is 9.18 Å². The zero-order chi connectivity index (χ0) is 14.9. The van der Waals surface area contributed by atoms with Crippen LogP contribution in [0.1, 0.15) is 24.8 Å². The Morgan fingerprint density at radius 3 is 2.67 bits per heavy atom. The van der Waals surface area contributed by atoms with Gasteiger partial charge in [0, 0.05) is 37.6 Å². The number of rotatable bonds is 4. The first-order valence-corrected chi connectivity index (χ1v) is 7.53. The molecule has 1 aliphatic carbocycles. The van der Waals surface area contributed by atoms with Crippen LogP contribution in [0, 0.1) is 11.7 Å². The number of urea groups is 1. The molecule has 1 aromatic carbocycles. The highest BCUT2D eigenvalue weighted by Gasteiger charge is 2.44. The summed E-state index contributed by atoms with van der Waals surface area (Å²) in [4.78, 5) is 13.9. The molecule has 1 aromatic rings. The summed E-state index contributed by atoms with van der Waals surface area (Å²) in [7, 11) is 0. The molecule has 3 rings (SSSR count). The van der Waals surface area contributed by atoms with Crippen LogP contribution in [0.5, 0.6) is 0 Å². The molecular weight excluding hydrogens is 271 g/mol. The van der Waals surface area contributed by atoms with Crippen LogP contribution in [-0.2, 0) is 5.41 Å². The van der Waals surface area contributed by atoms with Gasteiger partial charge in [-0.3, -0.25) is 0 Å². The number of amides is 2. The Morgan fingerprint density at radius 1 is 1.38 bits per heavy atom. The van der Waals surface area contributed by atoms with Crippen LogP contribution in [0.3, 0.4) is 0 Å². The van der Waals surface area contributed by atoms with E-state index in [-0.39, 0.29) is 29.8 Å². The van der Waals surface area contributed by atoms with Crippen molar-refractivity contribution in [1.82, 2.24) is 10.2 Å². The molecule has 4 nitrogen and oxygen atoms in total. The smallest absolute Gasteiger partial charge is 0.317 e. The van der Waals surface area contributed by atoms with Crippen molar-refractivity contribution in [3.8, 4) is 0 Å². The molecular formula is C16H21FN2O2. The zero-order valence-electron chi connectivity index (χ0n) is 12.0. The van der Waals surface area contributed by atoms with Gasteiger partial charge in [0.1, 0.15) is 5.82 Å². The molecule has 0 aromatic heterocycles. The fraction of sp³-hybridized carbons (Fsp3) is 0.562. The Morgan fingerprint density at radius 2 is 2.10 bits per heavy atom. The number of benzene rings is 1. The van der Waals surface area contributed by atoms with E-state index in [9.17, 15) is 9.18 Å². The number of carbonyl (C=O) groups excluding carboxylic acids is 1. The van der Waals surface area contributed by atoms with Crippen LogP contribution in [0.25, 0.3) is 0 Å². The van der Waals surface area contributed by atoms with Crippen molar-refractivity contribution in [2.75, 3.05) is 26.2 Å². The van der Waals surface area contributed by atoms with Crippen molar-refractivity contribution in [2.24, 2.45) is 5.92 Å². The van der Waals surface area contributed by atoms with Gasteiger partial charge in [-0.05, 0) is 37.0 Å². The summed E-state index contributed by atoms with van der Waals surface area (Å²) in [6.07, 6.45) is 2.92. The first kappa shape index (κ1) is 14.3.